The van der Waals surface area contributed by atoms with Crippen molar-refractivity contribution >= 4 is 5.78 Å². The Morgan fingerprint density at radius 1 is 1.13 bits per heavy atom. The predicted octanol–water partition coefficient (Wildman–Crippen LogP) is 6.59. The van der Waals surface area contributed by atoms with Gasteiger partial charge in [-0.25, -0.2) is 0 Å². The molecule has 0 aliphatic heterocycles. The van der Waals surface area contributed by atoms with Gasteiger partial charge in [0, 0.05) is 33.3 Å². The minimum absolute atomic E-state index is 0. The molecule has 0 bridgehead atoms. The van der Waals surface area contributed by atoms with Crippen LogP contribution in [0.3, 0.4) is 0 Å². The third-order valence-corrected chi connectivity index (χ3v) is 5.14. The van der Waals surface area contributed by atoms with Crippen LogP contribution in [0.5, 0.6) is 0 Å². The van der Waals surface area contributed by atoms with E-state index in [9.17, 15) is 4.79 Å². The van der Waals surface area contributed by atoms with E-state index in [0.717, 1.165) is 11.3 Å². The number of benzene rings is 1. The summed E-state index contributed by atoms with van der Waals surface area (Å²) in [6, 6.07) is 12.3. The zero-order valence-corrected chi connectivity index (χ0v) is 20.7. The van der Waals surface area contributed by atoms with Crippen molar-refractivity contribution in [2.45, 2.75) is 78.6 Å². The Morgan fingerprint density at radius 3 is 2.50 bits per heavy atom. The number of fused-ring (bicyclic) bond motifs is 1. The molecule has 2 aromatic rings. The summed E-state index contributed by atoms with van der Waals surface area (Å²) in [5, 5.41) is 8.36. The molecule has 3 nitrogen and oxygen atoms in total. The minimum atomic E-state index is -0.125. The van der Waals surface area contributed by atoms with Crippen LogP contribution in [-0.4, -0.2) is 15.9 Å². The van der Waals surface area contributed by atoms with E-state index in [2.05, 4.69) is 42.2 Å². The Bertz CT molecular complexity index is 808. The molecule has 0 saturated heterocycles. The number of aryl methyl sites for hydroxylation is 2. The fraction of sp³-hybridized carbons (Fsp3) is 0.462. The predicted molar refractivity (Wildman–Crippen MR) is 120 cm³/mol. The maximum Gasteiger partial charge on any atom is 0.155 e. The number of allylic oxidation sites excluding steroid dienone is 2. The molecule has 3 rings (SSSR count). The molecule has 166 valence electrons. The second-order valence-corrected chi connectivity index (χ2v) is 7.82. The van der Waals surface area contributed by atoms with Gasteiger partial charge in [-0.15, -0.1) is 35.4 Å². The Hall–Kier alpha value is -1.73. The largest absolute Gasteiger partial charge is 0.512 e. The van der Waals surface area contributed by atoms with Crippen molar-refractivity contribution < 1.29 is 31.0 Å². The smallest absolute Gasteiger partial charge is 0.155 e. The topological polar surface area (TPSA) is 50.2 Å². The van der Waals surface area contributed by atoms with Crippen molar-refractivity contribution in [3.63, 3.8) is 0 Å². The molecular weight excluding hydrogens is 553 g/mol. The van der Waals surface area contributed by atoms with Gasteiger partial charge in [-0.3, -0.25) is 4.79 Å². The molecule has 1 aromatic carbocycles. The van der Waals surface area contributed by atoms with Crippen molar-refractivity contribution in [2.24, 2.45) is 0 Å². The number of unbranched alkanes of at least 4 members (excludes halogenated alkanes) is 3. The molecule has 1 N–H and O–H groups in total. The molecule has 1 aliphatic carbocycles. The van der Waals surface area contributed by atoms with Crippen molar-refractivity contribution in [3.8, 4) is 11.3 Å². The third kappa shape index (κ3) is 8.96. The van der Waals surface area contributed by atoms with Crippen LogP contribution in [0.25, 0.3) is 11.3 Å². The number of aliphatic hydroxyl groups excluding tert-OH is 1. The van der Waals surface area contributed by atoms with Crippen LogP contribution in [0.2, 0.25) is 0 Å². The number of hydrogen-bond acceptors (Lipinski definition) is 3. The summed E-state index contributed by atoms with van der Waals surface area (Å²) >= 11 is 0. The van der Waals surface area contributed by atoms with Crippen molar-refractivity contribution in [2.75, 3.05) is 0 Å². The average Bonchev–Trinajstić information content (AvgIpc) is 2.71. The summed E-state index contributed by atoms with van der Waals surface area (Å²) in [7, 11) is 0. The molecule has 1 heterocycles. The van der Waals surface area contributed by atoms with Gasteiger partial charge < -0.3 is 10.1 Å². The first kappa shape index (κ1) is 26.3. The Morgan fingerprint density at radius 2 is 1.90 bits per heavy atom. The molecule has 0 radical (unpaired) electrons. The van der Waals surface area contributed by atoms with E-state index in [1.165, 1.54) is 94.4 Å². The zero-order valence-electron chi connectivity index (χ0n) is 18.4. The maximum absolute atomic E-state index is 10.0. The van der Waals surface area contributed by atoms with Crippen molar-refractivity contribution in [1.82, 2.24) is 4.98 Å². The number of hydrogen-bond donors (Lipinski definition) is 1. The second-order valence-electron chi connectivity index (χ2n) is 7.82. The summed E-state index contributed by atoms with van der Waals surface area (Å²) in [5.41, 5.74) is 6.68. The van der Waals surface area contributed by atoms with Gasteiger partial charge in [0.1, 0.15) is 0 Å². The number of carbonyl (C=O) groups is 1. The summed E-state index contributed by atoms with van der Waals surface area (Å²) in [4.78, 5) is 14.7. The van der Waals surface area contributed by atoms with Gasteiger partial charge in [-0.2, -0.15) is 0 Å². The van der Waals surface area contributed by atoms with Gasteiger partial charge in [0.05, 0.1) is 5.76 Å². The molecule has 1 aliphatic rings. The fourth-order valence-electron chi connectivity index (χ4n) is 3.70. The van der Waals surface area contributed by atoms with Crippen LogP contribution < -0.4 is 0 Å². The van der Waals surface area contributed by atoms with Gasteiger partial charge in [-0.05, 0) is 51.3 Å². The van der Waals surface area contributed by atoms with E-state index >= 15 is 0 Å². The third-order valence-electron chi connectivity index (χ3n) is 5.14. The Kier molecular flexibility index (Phi) is 12.5. The van der Waals surface area contributed by atoms with Gasteiger partial charge in [0.2, 0.25) is 0 Å². The first-order valence-electron chi connectivity index (χ1n) is 10.9. The van der Waals surface area contributed by atoms with E-state index < -0.39 is 0 Å². The first-order valence-corrected chi connectivity index (χ1v) is 10.9. The van der Waals surface area contributed by atoms with Crippen LogP contribution >= 0.6 is 0 Å². The summed E-state index contributed by atoms with van der Waals surface area (Å²) in [6.07, 6.45) is 14.6. The normalized spacial score (nSPS) is 12.8. The van der Waals surface area contributed by atoms with Crippen molar-refractivity contribution in [1.29, 1.82) is 0 Å². The number of nitrogens with zero attached hydrogens (tertiary/aromatic N) is 1. The van der Waals surface area contributed by atoms with E-state index in [4.69, 9.17) is 5.11 Å². The molecule has 0 fully saturated rings. The summed E-state index contributed by atoms with van der Waals surface area (Å²) < 4.78 is 0. The molecule has 0 amide bonds. The SMILES string of the molecule is CC(=O)/C=C(/C)O.CCCCCCc1c[c-]c(-c2nccc3c2CCCC3)cc1.[Pt]. The van der Waals surface area contributed by atoms with Crippen LogP contribution in [0.1, 0.15) is 76.0 Å². The number of aromatic nitrogens is 1. The number of rotatable bonds is 7. The summed E-state index contributed by atoms with van der Waals surface area (Å²) in [5.74, 6) is -0.0625. The quantitative estimate of drug-likeness (QED) is 0.172. The fourth-order valence-corrected chi connectivity index (χ4v) is 3.70. The standard InChI is InChI=1S/C21H26N.C5H8O2.Pt/c1-2-3-4-5-8-17-11-13-19(14-12-17)21-20-10-7-6-9-18(20)15-16-22-21;1-4(6)3-5(2)7;/h11-13,15-16H,2-10H2,1H3;3,6H,1-2H3;/q-1;;/b;4-3-;. The number of pyridine rings is 1. The van der Waals surface area contributed by atoms with Crippen LogP contribution in [0, 0.1) is 6.07 Å². The first-order chi connectivity index (χ1) is 14.0. The Balaban J connectivity index is 0.000000489. The molecule has 1 aromatic heterocycles. The molecule has 30 heavy (non-hydrogen) atoms. The van der Waals surface area contributed by atoms with Gasteiger partial charge in [0.25, 0.3) is 0 Å². The van der Waals surface area contributed by atoms with Gasteiger partial charge >= 0.3 is 0 Å². The number of aliphatic hydroxyl groups is 1. The number of carbonyl (C=O) groups excluding carboxylic acids is 1. The average molecular weight is 588 g/mol. The monoisotopic (exact) mass is 587 g/mol. The maximum atomic E-state index is 10.0. The van der Waals surface area contributed by atoms with E-state index in [-0.39, 0.29) is 32.6 Å². The minimum Gasteiger partial charge on any atom is -0.512 e. The number of ketones is 1. The van der Waals surface area contributed by atoms with Crippen LogP contribution in [0.15, 0.2) is 42.3 Å². The molecule has 4 heteroatoms. The second kappa shape index (κ2) is 14.3. The van der Waals surface area contributed by atoms with Gasteiger partial charge in [0.15, 0.2) is 5.78 Å². The van der Waals surface area contributed by atoms with Crippen molar-refractivity contribution in [3.05, 3.63) is 65.1 Å². The van der Waals surface area contributed by atoms with Crippen LogP contribution in [-0.2, 0) is 45.1 Å². The zero-order chi connectivity index (χ0) is 21.1. The molecule has 0 unspecified atom stereocenters. The van der Waals surface area contributed by atoms with E-state index in [1.807, 2.05) is 6.20 Å². The molecule has 0 spiro atoms. The van der Waals surface area contributed by atoms with E-state index in [0.29, 0.717) is 0 Å². The van der Waals surface area contributed by atoms with Crippen LogP contribution in [0.4, 0.5) is 0 Å². The molecule has 0 saturated carbocycles. The molecular formula is C26H34NO2Pt-. The van der Waals surface area contributed by atoms with Gasteiger partial charge in [-0.1, -0.05) is 50.2 Å². The van der Waals surface area contributed by atoms with E-state index in [1.54, 1.807) is 0 Å². The summed E-state index contributed by atoms with van der Waals surface area (Å²) in [6.45, 7) is 5.11. The molecule has 0 atom stereocenters. The Labute approximate surface area is 196 Å².